The molecule has 2 N–H and O–H groups in total. The number of carboxylic acids is 1. The third kappa shape index (κ3) is 4.81. The van der Waals surface area contributed by atoms with E-state index in [1.807, 2.05) is 42.6 Å². The summed E-state index contributed by atoms with van der Waals surface area (Å²) >= 11 is 5.96. The van der Waals surface area contributed by atoms with Crippen molar-refractivity contribution in [2.45, 2.75) is 25.9 Å². The van der Waals surface area contributed by atoms with Crippen molar-refractivity contribution in [1.82, 2.24) is 14.9 Å². The Morgan fingerprint density at radius 1 is 1.16 bits per heavy atom. The van der Waals surface area contributed by atoms with Gasteiger partial charge in [0.2, 0.25) is 0 Å². The number of aromatic amines is 1. The van der Waals surface area contributed by atoms with Gasteiger partial charge in [-0.1, -0.05) is 23.7 Å². The predicted molar refractivity (Wildman–Crippen MR) is 98.5 cm³/mol. The van der Waals surface area contributed by atoms with Crippen LogP contribution in [0, 0.1) is 0 Å². The monoisotopic (exact) mass is 357 g/mol. The van der Waals surface area contributed by atoms with E-state index in [1.165, 1.54) is 5.56 Å². The highest BCUT2D eigenvalue weighted by atomic mass is 35.5. The molecule has 2 aromatic heterocycles. The summed E-state index contributed by atoms with van der Waals surface area (Å²) in [5.74, 6) is -0.761. The van der Waals surface area contributed by atoms with E-state index in [1.54, 1.807) is 6.20 Å². The summed E-state index contributed by atoms with van der Waals surface area (Å²) in [5.41, 5.74) is 3.20. The number of pyridine rings is 1. The smallest absolute Gasteiger partial charge is 0.303 e. The quantitative estimate of drug-likeness (QED) is 0.637. The van der Waals surface area contributed by atoms with Crippen LogP contribution >= 0.6 is 11.6 Å². The lowest BCUT2D eigenvalue weighted by Crippen LogP contribution is -2.24. The molecule has 3 aromatic rings. The molecule has 0 aliphatic rings. The lowest BCUT2D eigenvalue weighted by atomic mass is 10.1. The molecular weight excluding hydrogens is 338 g/mol. The SMILES string of the molecule is O=C(O)CCCN(Cc1ccc(Cl)cc1)Cc1ccnc2[nH]ccc12. The van der Waals surface area contributed by atoms with Crippen LogP contribution < -0.4 is 0 Å². The number of rotatable bonds is 8. The summed E-state index contributed by atoms with van der Waals surface area (Å²) in [6.45, 7) is 2.19. The molecular formula is C19H20ClN3O2. The maximum atomic E-state index is 10.8. The van der Waals surface area contributed by atoms with Crippen LogP contribution in [0.3, 0.4) is 0 Å². The van der Waals surface area contributed by atoms with Gasteiger partial charge in [0, 0.05) is 42.3 Å². The van der Waals surface area contributed by atoms with E-state index in [0.29, 0.717) is 18.0 Å². The number of hydrogen-bond donors (Lipinski definition) is 2. The topological polar surface area (TPSA) is 69.2 Å². The van der Waals surface area contributed by atoms with Gasteiger partial charge in [-0.2, -0.15) is 0 Å². The fourth-order valence-corrected chi connectivity index (χ4v) is 3.04. The number of aromatic nitrogens is 2. The average Bonchev–Trinajstić information content (AvgIpc) is 3.06. The minimum atomic E-state index is -0.761. The lowest BCUT2D eigenvalue weighted by Gasteiger charge is -2.22. The second-order valence-corrected chi connectivity index (χ2v) is 6.48. The first-order valence-electron chi connectivity index (χ1n) is 8.21. The van der Waals surface area contributed by atoms with Crippen LogP contribution in [0.1, 0.15) is 24.0 Å². The molecule has 0 bridgehead atoms. The minimum absolute atomic E-state index is 0.174. The van der Waals surface area contributed by atoms with Gasteiger partial charge >= 0.3 is 5.97 Å². The molecule has 25 heavy (non-hydrogen) atoms. The van der Waals surface area contributed by atoms with Gasteiger partial charge in [0.15, 0.2) is 0 Å². The summed E-state index contributed by atoms with van der Waals surface area (Å²) in [5, 5.41) is 10.7. The van der Waals surface area contributed by atoms with Crippen LogP contribution in [-0.2, 0) is 17.9 Å². The van der Waals surface area contributed by atoms with Gasteiger partial charge < -0.3 is 10.1 Å². The highest BCUT2D eigenvalue weighted by Crippen LogP contribution is 2.19. The Hall–Kier alpha value is -2.37. The van der Waals surface area contributed by atoms with Crippen LogP contribution in [0.15, 0.2) is 48.8 Å². The first-order valence-corrected chi connectivity index (χ1v) is 8.59. The third-order valence-corrected chi connectivity index (χ3v) is 4.38. The van der Waals surface area contributed by atoms with E-state index in [0.717, 1.165) is 29.7 Å². The van der Waals surface area contributed by atoms with E-state index in [2.05, 4.69) is 14.9 Å². The van der Waals surface area contributed by atoms with Crippen LogP contribution in [0.25, 0.3) is 11.0 Å². The molecule has 6 heteroatoms. The molecule has 0 unspecified atom stereocenters. The average molecular weight is 358 g/mol. The zero-order valence-corrected chi connectivity index (χ0v) is 14.5. The predicted octanol–water partition coefficient (Wildman–Crippen LogP) is 4.08. The maximum absolute atomic E-state index is 10.8. The van der Waals surface area contributed by atoms with E-state index in [9.17, 15) is 4.79 Å². The fourth-order valence-electron chi connectivity index (χ4n) is 2.91. The molecule has 0 saturated heterocycles. The van der Waals surface area contributed by atoms with Crippen molar-refractivity contribution in [3.05, 3.63) is 64.9 Å². The normalized spacial score (nSPS) is 11.3. The van der Waals surface area contributed by atoms with Crippen LogP contribution in [0.2, 0.25) is 5.02 Å². The van der Waals surface area contributed by atoms with Gasteiger partial charge in [-0.25, -0.2) is 4.98 Å². The summed E-state index contributed by atoms with van der Waals surface area (Å²) in [7, 11) is 0. The number of carboxylic acid groups (broad SMARTS) is 1. The van der Waals surface area contributed by atoms with Crippen molar-refractivity contribution < 1.29 is 9.90 Å². The largest absolute Gasteiger partial charge is 0.481 e. The maximum Gasteiger partial charge on any atom is 0.303 e. The second-order valence-electron chi connectivity index (χ2n) is 6.04. The second kappa shape index (κ2) is 8.14. The van der Waals surface area contributed by atoms with Gasteiger partial charge in [-0.3, -0.25) is 9.69 Å². The summed E-state index contributed by atoms with van der Waals surface area (Å²) < 4.78 is 0. The van der Waals surface area contributed by atoms with Crippen LogP contribution in [0.5, 0.6) is 0 Å². The Bertz CT molecular complexity index is 845. The Labute approximate surface area is 151 Å². The minimum Gasteiger partial charge on any atom is -0.481 e. The summed E-state index contributed by atoms with van der Waals surface area (Å²) in [6.07, 6.45) is 4.47. The molecule has 0 amide bonds. The van der Waals surface area contributed by atoms with Crippen LogP contribution in [0.4, 0.5) is 0 Å². The molecule has 0 aliphatic carbocycles. The van der Waals surface area contributed by atoms with E-state index in [4.69, 9.17) is 16.7 Å². The van der Waals surface area contributed by atoms with Crippen molar-refractivity contribution >= 4 is 28.6 Å². The van der Waals surface area contributed by atoms with Crippen molar-refractivity contribution in [3.63, 3.8) is 0 Å². The number of hydrogen-bond acceptors (Lipinski definition) is 3. The Kier molecular flexibility index (Phi) is 5.68. The number of nitrogens with one attached hydrogen (secondary N) is 1. The standard InChI is InChI=1S/C19H20ClN3O2/c20-16-5-3-14(4-6-16)12-23(11-1-2-18(24)25)13-15-7-9-21-19-17(15)8-10-22-19/h3-10H,1-2,11-13H2,(H,21,22)(H,24,25). The van der Waals surface area contributed by atoms with Crippen molar-refractivity contribution in [2.75, 3.05) is 6.54 Å². The Morgan fingerprint density at radius 2 is 1.96 bits per heavy atom. The number of H-pyrrole nitrogens is 1. The fraction of sp³-hybridized carbons (Fsp3) is 0.263. The zero-order chi connectivity index (χ0) is 17.6. The lowest BCUT2D eigenvalue weighted by molar-refractivity contribution is -0.137. The van der Waals surface area contributed by atoms with E-state index < -0.39 is 5.97 Å². The molecule has 1 aromatic carbocycles. The summed E-state index contributed by atoms with van der Waals surface area (Å²) in [4.78, 5) is 20.5. The van der Waals surface area contributed by atoms with E-state index >= 15 is 0 Å². The highest BCUT2D eigenvalue weighted by Gasteiger charge is 2.11. The van der Waals surface area contributed by atoms with Gasteiger partial charge in [-0.05, 0) is 48.4 Å². The molecule has 0 spiro atoms. The summed E-state index contributed by atoms with van der Waals surface area (Å²) in [6, 6.07) is 11.8. The molecule has 5 nitrogen and oxygen atoms in total. The number of aliphatic carboxylic acids is 1. The molecule has 2 heterocycles. The van der Waals surface area contributed by atoms with Crippen molar-refractivity contribution in [2.24, 2.45) is 0 Å². The van der Waals surface area contributed by atoms with Gasteiger partial charge in [0.25, 0.3) is 0 Å². The Balaban J connectivity index is 1.76. The highest BCUT2D eigenvalue weighted by molar-refractivity contribution is 6.30. The molecule has 0 atom stereocenters. The molecule has 0 aliphatic heterocycles. The van der Waals surface area contributed by atoms with Crippen molar-refractivity contribution in [3.8, 4) is 0 Å². The zero-order valence-electron chi connectivity index (χ0n) is 13.8. The number of benzene rings is 1. The first-order chi connectivity index (χ1) is 12.1. The number of fused-ring (bicyclic) bond motifs is 1. The number of nitrogens with zero attached hydrogens (tertiary/aromatic N) is 2. The van der Waals surface area contributed by atoms with E-state index in [-0.39, 0.29) is 6.42 Å². The third-order valence-electron chi connectivity index (χ3n) is 4.13. The van der Waals surface area contributed by atoms with Gasteiger partial charge in [0.05, 0.1) is 0 Å². The van der Waals surface area contributed by atoms with Crippen LogP contribution in [-0.4, -0.2) is 32.5 Å². The Morgan fingerprint density at radius 3 is 2.72 bits per heavy atom. The molecule has 3 rings (SSSR count). The van der Waals surface area contributed by atoms with Gasteiger partial charge in [0.1, 0.15) is 5.65 Å². The molecule has 0 saturated carbocycles. The van der Waals surface area contributed by atoms with Gasteiger partial charge in [-0.15, -0.1) is 0 Å². The number of halogens is 1. The first kappa shape index (κ1) is 17.5. The number of carbonyl (C=O) groups is 1. The molecule has 0 fully saturated rings. The molecule has 0 radical (unpaired) electrons. The molecule has 130 valence electrons. The van der Waals surface area contributed by atoms with Crippen molar-refractivity contribution in [1.29, 1.82) is 0 Å².